The van der Waals surface area contributed by atoms with Crippen LogP contribution in [-0.2, 0) is 14.8 Å². The highest BCUT2D eigenvalue weighted by atomic mass is 35.5. The van der Waals surface area contributed by atoms with Gasteiger partial charge >= 0.3 is 0 Å². The first-order chi connectivity index (χ1) is 12.0. The number of likely N-dealkylation sites (tertiary alicyclic amines) is 1. The van der Waals surface area contributed by atoms with Gasteiger partial charge in [-0.1, -0.05) is 25.4 Å². The van der Waals surface area contributed by atoms with E-state index in [0.29, 0.717) is 17.5 Å². The third kappa shape index (κ3) is 4.76. The summed E-state index contributed by atoms with van der Waals surface area (Å²) < 4.78 is 25.8. The topological polar surface area (TPSA) is 69.7 Å². The quantitative estimate of drug-likeness (QED) is 0.823. The van der Waals surface area contributed by atoms with Gasteiger partial charge in [-0.3, -0.25) is 9.69 Å². The first kappa shape index (κ1) is 21.2. The molecule has 1 fully saturated rings. The lowest BCUT2D eigenvalue weighted by Gasteiger charge is -2.38. The number of sulfonamides is 1. The van der Waals surface area contributed by atoms with E-state index in [2.05, 4.69) is 24.1 Å². The molecule has 3 unspecified atom stereocenters. The van der Waals surface area contributed by atoms with Gasteiger partial charge in [0.15, 0.2) is 0 Å². The molecule has 8 heteroatoms. The molecule has 26 heavy (non-hydrogen) atoms. The number of piperidine rings is 1. The Morgan fingerprint density at radius 1 is 1.27 bits per heavy atom. The molecular weight excluding hydrogens is 374 g/mol. The number of halogens is 1. The number of benzene rings is 1. The van der Waals surface area contributed by atoms with Crippen LogP contribution in [0.4, 0.5) is 5.69 Å². The molecule has 1 aliphatic heterocycles. The number of hydrogen-bond donors (Lipinski definition) is 1. The predicted molar refractivity (Wildman–Crippen MR) is 105 cm³/mol. The van der Waals surface area contributed by atoms with Crippen molar-refractivity contribution in [2.45, 2.75) is 38.1 Å². The van der Waals surface area contributed by atoms with E-state index in [1.807, 2.05) is 6.92 Å². The average Bonchev–Trinajstić information content (AvgIpc) is 2.54. The van der Waals surface area contributed by atoms with Gasteiger partial charge in [-0.05, 0) is 43.4 Å². The van der Waals surface area contributed by atoms with Crippen LogP contribution in [0.15, 0.2) is 23.1 Å². The van der Waals surface area contributed by atoms with E-state index in [0.717, 1.165) is 17.4 Å². The van der Waals surface area contributed by atoms with Crippen molar-refractivity contribution in [3.8, 4) is 0 Å². The Kier molecular flexibility index (Phi) is 6.71. The van der Waals surface area contributed by atoms with Crippen LogP contribution < -0.4 is 5.32 Å². The average molecular weight is 402 g/mol. The van der Waals surface area contributed by atoms with Gasteiger partial charge in [-0.2, -0.15) is 0 Å². The zero-order valence-corrected chi connectivity index (χ0v) is 17.6. The Morgan fingerprint density at radius 2 is 1.85 bits per heavy atom. The Morgan fingerprint density at radius 3 is 2.38 bits per heavy atom. The van der Waals surface area contributed by atoms with Gasteiger partial charge in [0, 0.05) is 32.9 Å². The first-order valence-corrected chi connectivity index (χ1v) is 10.6. The summed E-state index contributed by atoms with van der Waals surface area (Å²) >= 11 is 6.05. The van der Waals surface area contributed by atoms with Crippen molar-refractivity contribution in [1.29, 1.82) is 0 Å². The van der Waals surface area contributed by atoms with Crippen molar-refractivity contribution in [2.75, 3.05) is 32.5 Å². The summed E-state index contributed by atoms with van der Waals surface area (Å²) in [4.78, 5) is 14.8. The van der Waals surface area contributed by atoms with E-state index < -0.39 is 10.0 Å². The van der Waals surface area contributed by atoms with Gasteiger partial charge in [0.1, 0.15) is 4.90 Å². The molecule has 1 heterocycles. The van der Waals surface area contributed by atoms with Crippen LogP contribution in [0, 0.1) is 11.8 Å². The maximum atomic E-state index is 12.7. The highest BCUT2D eigenvalue weighted by Crippen LogP contribution is 2.27. The molecule has 1 amide bonds. The highest BCUT2D eigenvalue weighted by Gasteiger charge is 2.29. The minimum absolute atomic E-state index is 0.0187. The van der Waals surface area contributed by atoms with E-state index in [9.17, 15) is 13.2 Å². The summed E-state index contributed by atoms with van der Waals surface area (Å²) in [5.74, 6) is 0.963. The molecule has 0 aliphatic carbocycles. The van der Waals surface area contributed by atoms with Crippen LogP contribution in [0.25, 0.3) is 0 Å². The molecule has 2 rings (SSSR count). The molecule has 1 N–H and O–H groups in total. The van der Waals surface area contributed by atoms with Gasteiger partial charge < -0.3 is 5.32 Å². The molecule has 1 aromatic rings. The van der Waals surface area contributed by atoms with Crippen LogP contribution in [0.3, 0.4) is 0 Å². The largest absolute Gasteiger partial charge is 0.325 e. The lowest BCUT2D eigenvalue weighted by molar-refractivity contribution is -0.121. The normalized spacial score (nSPS) is 23.0. The van der Waals surface area contributed by atoms with Crippen LogP contribution in [0.5, 0.6) is 0 Å². The van der Waals surface area contributed by atoms with Crippen LogP contribution in [0.1, 0.15) is 27.2 Å². The lowest BCUT2D eigenvalue weighted by atomic mass is 9.91. The highest BCUT2D eigenvalue weighted by molar-refractivity contribution is 7.89. The fourth-order valence-electron chi connectivity index (χ4n) is 3.42. The van der Waals surface area contributed by atoms with Crippen molar-refractivity contribution < 1.29 is 13.2 Å². The maximum absolute atomic E-state index is 12.7. The standard InChI is InChI=1S/C18H28ClN3O3S/c1-12-8-13(2)11-22(10-12)14(3)18(23)20-15-6-7-16(19)17(9-15)26(24,25)21(4)5/h6-7,9,12-14H,8,10-11H2,1-5H3,(H,20,23). The number of nitrogens with one attached hydrogen (secondary N) is 1. The Labute approximate surface area is 161 Å². The Balaban J connectivity index is 2.16. The second-order valence-electron chi connectivity index (χ2n) is 7.50. The fourth-order valence-corrected chi connectivity index (χ4v) is 4.81. The van der Waals surface area contributed by atoms with Crippen molar-refractivity contribution in [2.24, 2.45) is 11.8 Å². The Bertz CT molecular complexity index is 757. The van der Waals surface area contributed by atoms with E-state index in [4.69, 9.17) is 11.6 Å². The second-order valence-corrected chi connectivity index (χ2v) is 10.0. The zero-order chi connectivity index (χ0) is 19.6. The number of amides is 1. The molecule has 6 nitrogen and oxygen atoms in total. The van der Waals surface area contributed by atoms with Crippen LogP contribution >= 0.6 is 11.6 Å². The van der Waals surface area contributed by atoms with Gasteiger partial charge in [0.2, 0.25) is 15.9 Å². The summed E-state index contributed by atoms with van der Waals surface area (Å²) in [5.41, 5.74) is 0.421. The molecule has 0 spiro atoms. The molecule has 0 aromatic heterocycles. The van der Waals surface area contributed by atoms with Crippen molar-refractivity contribution in [1.82, 2.24) is 9.21 Å². The molecular formula is C18H28ClN3O3S. The summed E-state index contributed by atoms with van der Waals surface area (Å²) in [7, 11) is -0.797. The van der Waals surface area contributed by atoms with Gasteiger partial charge in [-0.15, -0.1) is 0 Å². The van der Waals surface area contributed by atoms with E-state index >= 15 is 0 Å². The molecule has 0 radical (unpaired) electrons. The number of nitrogens with zero attached hydrogens (tertiary/aromatic N) is 2. The van der Waals surface area contributed by atoms with E-state index in [-0.39, 0.29) is 21.9 Å². The summed E-state index contributed by atoms with van der Waals surface area (Å²) in [6, 6.07) is 4.22. The second kappa shape index (κ2) is 8.25. The van der Waals surface area contributed by atoms with Crippen molar-refractivity contribution >= 4 is 33.2 Å². The van der Waals surface area contributed by atoms with Crippen molar-refractivity contribution in [3.05, 3.63) is 23.2 Å². The predicted octanol–water partition coefficient (Wildman–Crippen LogP) is 2.90. The Hall–Kier alpha value is -1.15. The van der Waals surface area contributed by atoms with E-state index in [1.54, 1.807) is 6.07 Å². The monoisotopic (exact) mass is 401 g/mol. The number of rotatable bonds is 5. The van der Waals surface area contributed by atoms with Crippen LogP contribution in [0.2, 0.25) is 5.02 Å². The molecule has 1 aliphatic rings. The van der Waals surface area contributed by atoms with Gasteiger partial charge in [0.05, 0.1) is 11.1 Å². The smallest absolute Gasteiger partial charge is 0.244 e. The van der Waals surface area contributed by atoms with Gasteiger partial charge in [0.25, 0.3) is 0 Å². The molecule has 0 saturated carbocycles. The summed E-state index contributed by atoms with van der Waals surface area (Å²) in [5, 5.41) is 2.95. The SMILES string of the molecule is CC1CC(C)CN(C(C)C(=O)Nc2ccc(Cl)c(S(=O)(=O)N(C)C)c2)C1. The first-order valence-electron chi connectivity index (χ1n) is 8.79. The number of carbonyl (C=O) groups is 1. The third-order valence-corrected chi connectivity index (χ3v) is 7.08. The lowest BCUT2D eigenvalue weighted by Crippen LogP contribution is -2.48. The molecule has 146 valence electrons. The molecule has 3 atom stereocenters. The van der Waals surface area contributed by atoms with Crippen molar-refractivity contribution in [3.63, 3.8) is 0 Å². The summed E-state index contributed by atoms with van der Waals surface area (Å²) in [6.45, 7) is 8.06. The minimum atomic E-state index is -3.68. The summed E-state index contributed by atoms with van der Waals surface area (Å²) in [6.07, 6.45) is 1.17. The molecule has 1 aromatic carbocycles. The minimum Gasteiger partial charge on any atom is -0.325 e. The fraction of sp³-hybridized carbons (Fsp3) is 0.611. The molecule has 0 bridgehead atoms. The third-order valence-electron chi connectivity index (χ3n) is 4.78. The van der Waals surface area contributed by atoms with Crippen LogP contribution in [-0.4, -0.2) is 56.8 Å². The zero-order valence-electron chi connectivity index (χ0n) is 16.0. The number of carbonyl (C=O) groups excluding carboxylic acids is 1. The maximum Gasteiger partial charge on any atom is 0.244 e. The number of hydrogen-bond acceptors (Lipinski definition) is 4. The number of anilines is 1. The van der Waals surface area contributed by atoms with Gasteiger partial charge in [-0.25, -0.2) is 12.7 Å². The molecule has 1 saturated heterocycles. The van der Waals surface area contributed by atoms with E-state index in [1.165, 1.54) is 32.6 Å².